The van der Waals surface area contributed by atoms with Gasteiger partial charge in [-0.3, -0.25) is 14.5 Å². The highest BCUT2D eigenvalue weighted by Gasteiger charge is 2.37. The van der Waals surface area contributed by atoms with Crippen molar-refractivity contribution in [1.29, 1.82) is 0 Å². The van der Waals surface area contributed by atoms with Crippen molar-refractivity contribution in [3.8, 4) is 0 Å². The Morgan fingerprint density at radius 1 is 1.30 bits per heavy atom. The first-order valence-electron chi connectivity index (χ1n) is 9.77. The maximum Gasteiger partial charge on any atom is 0.254 e. The van der Waals surface area contributed by atoms with Crippen molar-refractivity contribution in [2.45, 2.75) is 45.8 Å². The molecule has 0 unspecified atom stereocenters. The van der Waals surface area contributed by atoms with Crippen LogP contribution in [0.5, 0.6) is 0 Å². The summed E-state index contributed by atoms with van der Waals surface area (Å²) in [5, 5.41) is 0. The Labute approximate surface area is 159 Å². The van der Waals surface area contributed by atoms with E-state index in [1.165, 1.54) is 6.07 Å². The van der Waals surface area contributed by atoms with Crippen molar-refractivity contribution in [2.75, 3.05) is 19.6 Å². The van der Waals surface area contributed by atoms with Crippen LogP contribution in [0.25, 0.3) is 0 Å². The van der Waals surface area contributed by atoms with Gasteiger partial charge in [0.1, 0.15) is 0 Å². The number of aryl methyl sites for hydroxylation is 2. The molecular formula is C20H27N5O2. The van der Waals surface area contributed by atoms with E-state index >= 15 is 0 Å². The van der Waals surface area contributed by atoms with Crippen molar-refractivity contribution in [2.24, 2.45) is 5.92 Å². The molecule has 7 nitrogen and oxygen atoms in total. The summed E-state index contributed by atoms with van der Waals surface area (Å²) in [5.74, 6) is 0.464. The van der Waals surface area contributed by atoms with Crippen molar-refractivity contribution in [3.63, 3.8) is 0 Å². The largest absolute Gasteiger partial charge is 0.348 e. The number of pyridine rings is 1. The van der Waals surface area contributed by atoms with Gasteiger partial charge in [0.15, 0.2) is 0 Å². The number of carbonyl (C=O) groups excluding carboxylic acids is 1. The van der Waals surface area contributed by atoms with Crippen molar-refractivity contribution < 1.29 is 4.79 Å². The molecular weight excluding hydrogens is 342 g/mol. The number of fused-ring (bicyclic) bond motifs is 4. The number of carbonyl (C=O) groups is 1. The smallest absolute Gasteiger partial charge is 0.254 e. The molecule has 0 radical (unpaired) electrons. The first-order chi connectivity index (χ1) is 13.0. The maximum absolute atomic E-state index is 13.1. The molecule has 3 aliphatic heterocycles. The topological polar surface area (TPSA) is 74.2 Å². The third kappa shape index (κ3) is 3.56. The van der Waals surface area contributed by atoms with Crippen LogP contribution in [0.3, 0.4) is 0 Å². The van der Waals surface area contributed by atoms with Gasteiger partial charge in [-0.1, -0.05) is 0 Å². The zero-order chi connectivity index (χ0) is 19.0. The summed E-state index contributed by atoms with van der Waals surface area (Å²) in [6.07, 6.45) is 5.64. The Balaban J connectivity index is 1.52. The van der Waals surface area contributed by atoms with Crippen molar-refractivity contribution in [1.82, 2.24) is 24.3 Å². The molecule has 144 valence electrons. The van der Waals surface area contributed by atoms with Crippen LogP contribution in [0.4, 0.5) is 0 Å². The molecule has 3 fully saturated rings. The lowest BCUT2D eigenvalue weighted by Crippen LogP contribution is -2.47. The molecule has 1 N–H and O–H groups in total. The van der Waals surface area contributed by atoms with Gasteiger partial charge < -0.3 is 14.5 Å². The Bertz CT molecular complexity index is 886. The highest BCUT2D eigenvalue weighted by Crippen LogP contribution is 2.29. The number of piperidine rings is 1. The second kappa shape index (κ2) is 7.31. The van der Waals surface area contributed by atoms with Crippen molar-refractivity contribution in [3.05, 3.63) is 52.0 Å². The third-order valence-corrected chi connectivity index (χ3v) is 5.94. The second-order valence-electron chi connectivity index (χ2n) is 7.76. The predicted molar refractivity (Wildman–Crippen MR) is 103 cm³/mol. The minimum absolute atomic E-state index is 0.0112. The lowest BCUT2D eigenvalue weighted by Gasteiger charge is -2.36. The second-order valence-corrected chi connectivity index (χ2v) is 7.76. The zero-order valence-electron chi connectivity index (χ0n) is 16.0. The van der Waals surface area contributed by atoms with Crippen LogP contribution in [0.15, 0.2) is 29.5 Å². The van der Waals surface area contributed by atoms with Gasteiger partial charge >= 0.3 is 0 Å². The van der Waals surface area contributed by atoms with Crippen LogP contribution in [0.1, 0.15) is 41.5 Å². The average molecular weight is 369 g/mol. The molecule has 7 heteroatoms. The van der Waals surface area contributed by atoms with E-state index in [-0.39, 0.29) is 17.5 Å². The van der Waals surface area contributed by atoms with E-state index in [0.717, 1.165) is 50.4 Å². The minimum Gasteiger partial charge on any atom is -0.348 e. The van der Waals surface area contributed by atoms with Gasteiger partial charge in [-0.25, -0.2) is 4.98 Å². The van der Waals surface area contributed by atoms with Gasteiger partial charge in [-0.05, 0) is 38.7 Å². The molecule has 2 bridgehead atoms. The average Bonchev–Trinajstić information content (AvgIpc) is 2.88. The summed E-state index contributed by atoms with van der Waals surface area (Å²) in [6, 6.07) is 3.45. The van der Waals surface area contributed by atoms with Gasteiger partial charge in [-0.2, -0.15) is 0 Å². The van der Waals surface area contributed by atoms with Gasteiger partial charge in [0, 0.05) is 62.3 Å². The number of imidazole rings is 1. The third-order valence-electron chi connectivity index (χ3n) is 5.94. The Hall–Kier alpha value is -2.41. The normalized spacial score (nSPS) is 22.8. The van der Waals surface area contributed by atoms with E-state index in [2.05, 4.69) is 14.9 Å². The minimum atomic E-state index is -0.112. The number of aromatic amines is 1. The summed E-state index contributed by atoms with van der Waals surface area (Å²) < 4.78 is 1.61. The molecule has 5 rings (SSSR count). The lowest BCUT2D eigenvalue weighted by molar-refractivity contribution is 0.0584. The molecule has 0 spiro atoms. The molecule has 2 aromatic heterocycles. The van der Waals surface area contributed by atoms with Crippen LogP contribution < -0.4 is 5.56 Å². The fourth-order valence-electron chi connectivity index (χ4n) is 4.38. The molecule has 5 heterocycles. The molecule has 3 saturated heterocycles. The van der Waals surface area contributed by atoms with Gasteiger partial charge in [0.2, 0.25) is 0 Å². The molecule has 0 aliphatic carbocycles. The molecule has 27 heavy (non-hydrogen) atoms. The number of rotatable bonds is 4. The number of amides is 1. The maximum atomic E-state index is 13.1. The summed E-state index contributed by atoms with van der Waals surface area (Å²) in [5.41, 5.74) is 2.58. The molecule has 3 aliphatic rings. The van der Waals surface area contributed by atoms with Crippen LogP contribution in [-0.2, 0) is 13.1 Å². The van der Waals surface area contributed by atoms with E-state index in [4.69, 9.17) is 0 Å². The van der Waals surface area contributed by atoms with E-state index in [1.807, 2.05) is 18.7 Å². The predicted octanol–water partition coefficient (Wildman–Crippen LogP) is 1.64. The summed E-state index contributed by atoms with van der Waals surface area (Å²) in [6.45, 7) is 8.02. The standard InChI is InChI=1S/C20H27N5O2/c1-3-24-7-6-16(8-19(24)26)20(27)25-10-15-4-5-17(25)11-23(9-15)12-18-14(2)21-13-22-18/h6-8,13,15,17H,3-5,9-12H2,1-2H3,(H,21,22)/t15-,17+/m0/s1. The number of nitrogens with one attached hydrogen (secondary N) is 1. The van der Waals surface area contributed by atoms with Gasteiger partial charge in [-0.15, -0.1) is 0 Å². The fraction of sp³-hybridized carbons (Fsp3) is 0.550. The van der Waals surface area contributed by atoms with E-state index in [9.17, 15) is 9.59 Å². The molecule has 1 amide bonds. The molecule has 0 aromatic carbocycles. The quantitative estimate of drug-likeness (QED) is 0.889. The number of aromatic nitrogens is 3. The summed E-state index contributed by atoms with van der Waals surface area (Å²) in [7, 11) is 0. The van der Waals surface area contributed by atoms with Crippen LogP contribution in [0, 0.1) is 12.8 Å². The lowest BCUT2D eigenvalue weighted by atomic mass is 9.94. The molecule has 2 atom stereocenters. The van der Waals surface area contributed by atoms with Gasteiger partial charge in [0.25, 0.3) is 11.5 Å². The first kappa shape index (κ1) is 18.0. The van der Waals surface area contributed by atoms with E-state index < -0.39 is 0 Å². The SMILES string of the molecule is CCn1ccc(C(=O)N2C[C@H]3CC[C@@H]2CN(Cc2nc[nH]c2C)C3)cc1=O. The van der Waals surface area contributed by atoms with Crippen LogP contribution >= 0.6 is 0 Å². The number of H-pyrrole nitrogens is 1. The number of nitrogens with zero attached hydrogens (tertiary/aromatic N) is 4. The summed E-state index contributed by atoms with van der Waals surface area (Å²) in [4.78, 5) is 37.2. The van der Waals surface area contributed by atoms with E-state index in [1.54, 1.807) is 23.2 Å². The highest BCUT2D eigenvalue weighted by molar-refractivity contribution is 5.94. The Kier molecular flexibility index (Phi) is 4.86. The van der Waals surface area contributed by atoms with Gasteiger partial charge in [0.05, 0.1) is 12.0 Å². The van der Waals surface area contributed by atoms with E-state index in [0.29, 0.717) is 18.0 Å². The molecule has 2 aromatic rings. The highest BCUT2D eigenvalue weighted by atomic mass is 16.2. The number of hydrogen-bond acceptors (Lipinski definition) is 4. The fourth-order valence-corrected chi connectivity index (χ4v) is 4.38. The monoisotopic (exact) mass is 369 g/mol. The Morgan fingerprint density at radius 3 is 2.85 bits per heavy atom. The summed E-state index contributed by atoms with van der Waals surface area (Å²) >= 11 is 0. The zero-order valence-corrected chi connectivity index (χ0v) is 16.0. The first-order valence-corrected chi connectivity index (χ1v) is 9.77. The number of hydrogen-bond donors (Lipinski definition) is 1. The van der Waals surface area contributed by atoms with Crippen molar-refractivity contribution >= 4 is 5.91 Å². The van der Waals surface area contributed by atoms with Crippen LogP contribution in [-0.4, -0.2) is 55.9 Å². The Morgan fingerprint density at radius 2 is 2.15 bits per heavy atom. The van der Waals surface area contributed by atoms with Crippen LogP contribution in [0.2, 0.25) is 0 Å². The molecule has 0 saturated carbocycles.